The largest absolute Gasteiger partial charge is 0.342 e. The van der Waals surface area contributed by atoms with Crippen molar-refractivity contribution < 1.29 is 9.59 Å². The summed E-state index contributed by atoms with van der Waals surface area (Å²) in [6.45, 7) is 6.69. The Labute approximate surface area is 102 Å². The van der Waals surface area contributed by atoms with Crippen molar-refractivity contribution in [2.24, 2.45) is 5.92 Å². The lowest BCUT2D eigenvalue weighted by Gasteiger charge is -2.35. The standard InChI is InChI=1S/C12H21N3O2/c1-12(2,14-10(16)9-3-4-9)11(17)15-7-5-13-6-8-15/h9,13H,3-8H2,1-2H3,(H,14,16). The van der Waals surface area contributed by atoms with Crippen LogP contribution in [-0.2, 0) is 9.59 Å². The molecule has 0 spiro atoms. The Kier molecular flexibility index (Phi) is 3.38. The van der Waals surface area contributed by atoms with Crippen LogP contribution in [0.15, 0.2) is 0 Å². The van der Waals surface area contributed by atoms with Gasteiger partial charge in [-0.1, -0.05) is 0 Å². The van der Waals surface area contributed by atoms with E-state index in [0.717, 1.165) is 39.0 Å². The third kappa shape index (κ3) is 2.97. The molecule has 0 radical (unpaired) electrons. The molecule has 1 aliphatic heterocycles. The van der Waals surface area contributed by atoms with Crippen molar-refractivity contribution in [2.75, 3.05) is 26.2 Å². The summed E-state index contributed by atoms with van der Waals surface area (Å²) in [5.41, 5.74) is -0.781. The van der Waals surface area contributed by atoms with Gasteiger partial charge in [0.25, 0.3) is 0 Å². The molecule has 5 heteroatoms. The van der Waals surface area contributed by atoms with Crippen LogP contribution < -0.4 is 10.6 Å². The number of hydrogen-bond donors (Lipinski definition) is 2. The van der Waals surface area contributed by atoms with Crippen molar-refractivity contribution in [1.82, 2.24) is 15.5 Å². The van der Waals surface area contributed by atoms with Crippen molar-refractivity contribution in [3.63, 3.8) is 0 Å². The first-order valence-electron chi connectivity index (χ1n) is 6.33. The molecule has 0 aromatic rings. The van der Waals surface area contributed by atoms with E-state index in [0.29, 0.717) is 0 Å². The van der Waals surface area contributed by atoms with E-state index in [9.17, 15) is 9.59 Å². The van der Waals surface area contributed by atoms with E-state index in [-0.39, 0.29) is 17.7 Å². The fraction of sp³-hybridized carbons (Fsp3) is 0.833. The summed E-state index contributed by atoms with van der Waals surface area (Å²) >= 11 is 0. The molecular formula is C12H21N3O2. The van der Waals surface area contributed by atoms with Gasteiger partial charge in [-0.2, -0.15) is 0 Å². The molecule has 96 valence electrons. The Hall–Kier alpha value is -1.10. The zero-order valence-electron chi connectivity index (χ0n) is 10.6. The normalized spacial score (nSPS) is 21.2. The van der Waals surface area contributed by atoms with E-state index in [1.54, 1.807) is 13.8 Å². The van der Waals surface area contributed by atoms with Crippen molar-refractivity contribution in [3.05, 3.63) is 0 Å². The monoisotopic (exact) mass is 239 g/mol. The van der Waals surface area contributed by atoms with Gasteiger partial charge in [0.1, 0.15) is 5.54 Å². The van der Waals surface area contributed by atoms with Gasteiger partial charge in [-0.05, 0) is 26.7 Å². The van der Waals surface area contributed by atoms with Gasteiger partial charge < -0.3 is 15.5 Å². The summed E-state index contributed by atoms with van der Waals surface area (Å²) < 4.78 is 0. The fourth-order valence-corrected chi connectivity index (χ4v) is 2.07. The molecule has 17 heavy (non-hydrogen) atoms. The predicted molar refractivity (Wildman–Crippen MR) is 64.4 cm³/mol. The van der Waals surface area contributed by atoms with Gasteiger partial charge >= 0.3 is 0 Å². The number of piperazine rings is 1. The Bertz CT molecular complexity index is 318. The Morgan fingerprint density at radius 3 is 2.35 bits per heavy atom. The molecule has 2 aliphatic rings. The highest BCUT2D eigenvalue weighted by Crippen LogP contribution is 2.29. The summed E-state index contributed by atoms with van der Waals surface area (Å²) in [6, 6.07) is 0. The van der Waals surface area contributed by atoms with E-state index in [4.69, 9.17) is 0 Å². The topological polar surface area (TPSA) is 61.4 Å². The van der Waals surface area contributed by atoms with Crippen LogP contribution in [0.3, 0.4) is 0 Å². The molecule has 1 heterocycles. The van der Waals surface area contributed by atoms with Crippen molar-refractivity contribution in [2.45, 2.75) is 32.2 Å². The van der Waals surface area contributed by atoms with Crippen molar-refractivity contribution in [3.8, 4) is 0 Å². The molecule has 5 nitrogen and oxygen atoms in total. The maximum Gasteiger partial charge on any atom is 0.247 e. The van der Waals surface area contributed by atoms with Gasteiger partial charge in [0, 0.05) is 32.1 Å². The molecule has 1 aliphatic carbocycles. The van der Waals surface area contributed by atoms with E-state index < -0.39 is 5.54 Å². The highest BCUT2D eigenvalue weighted by molar-refractivity contribution is 5.92. The average Bonchev–Trinajstić information content (AvgIpc) is 3.12. The first kappa shape index (κ1) is 12.4. The minimum absolute atomic E-state index is 0.0213. The molecule has 0 unspecified atom stereocenters. The highest BCUT2D eigenvalue weighted by Gasteiger charge is 2.38. The Morgan fingerprint density at radius 1 is 1.24 bits per heavy atom. The quantitative estimate of drug-likeness (QED) is 0.712. The predicted octanol–water partition coefficient (Wildman–Crippen LogP) is -0.277. The van der Waals surface area contributed by atoms with Gasteiger partial charge in [0.15, 0.2) is 0 Å². The van der Waals surface area contributed by atoms with E-state index in [1.165, 1.54) is 0 Å². The molecule has 0 aromatic carbocycles. The maximum absolute atomic E-state index is 12.3. The molecule has 2 N–H and O–H groups in total. The molecule has 2 amide bonds. The first-order chi connectivity index (χ1) is 8.00. The number of carbonyl (C=O) groups is 2. The smallest absolute Gasteiger partial charge is 0.247 e. The average molecular weight is 239 g/mol. The van der Waals surface area contributed by atoms with Crippen molar-refractivity contribution >= 4 is 11.8 Å². The number of carbonyl (C=O) groups excluding carboxylic acids is 2. The summed E-state index contributed by atoms with van der Waals surface area (Å²) in [4.78, 5) is 25.8. The van der Waals surface area contributed by atoms with Gasteiger partial charge in [-0.3, -0.25) is 9.59 Å². The van der Waals surface area contributed by atoms with Crippen LogP contribution in [0.4, 0.5) is 0 Å². The zero-order valence-corrected chi connectivity index (χ0v) is 10.6. The van der Waals surface area contributed by atoms with Crippen LogP contribution in [0.5, 0.6) is 0 Å². The highest BCUT2D eigenvalue weighted by atomic mass is 16.2. The summed E-state index contributed by atoms with van der Waals surface area (Å²) in [5, 5.41) is 6.07. The van der Waals surface area contributed by atoms with Crippen LogP contribution in [0.2, 0.25) is 0 Å². The summed E-state index contributed by atoms with van der Waals surface area (Å²) in [7, 11) is 0. The van der Waals surface area contributed by atoms with Crippen molar-refractivity contribution in [1.29, 1.82) is 0 Å². The molecule has 0 aromatic heterocycles. The minimum atomic E-state index is -0.781. The number of nitrogens with zero attached hydrogens (tertiary/aromatic N) is 1. The lowest BCUT2D eigenvalue weighted by atomic mass is 10.0. The molecule has 1 saturated heterocycles. The number of nitrogens with one attached hydrogen (secondary N) is 2. The molecule has 2 fully saturated rings. The van der Waals surface area contributed by atoms with Gasteiger partial charge in [0.05, 0.1) is 0 Å². The van der Waals surface area contributed by atoms with E-state index >= 15 is 0 Å². The zero-order chi connectivity index (χ0) is 12.5. The number of rotatable bonds is 3. The van der Waals surface area contributed by atoms with Gasteiger partial charge in [0.2, 0.25) is 11.8 Å². The van der Waals surface area contributed by atoms with Crippen LogP contribution >= 0.6 is 0 Å². The molecule has 0 bridgehead atoms. The fourth-order valence-electron chi connectivity index (χ4n) is 2.07. The third-order valence-corrected chi connectivity index (χ3v) is 3.32. The Morgan fingerprint density at radius 2 is 1.82 bits per heavy atom. The lowest BCUT2D eigenvalue weighted by molar-refractivity contribution is -0.141. The van der Waals surface area contributed by atoms with Crippen LogP contribution in [0, 0.1) is 5.92 Å². The van der Waals surface area contributed by atoms with Crippen LogP contribution in [-0.4, -0.2) is 48.4 Å². The van der Waals surface area contributed by atoms with E-state index in [1.807, 2.05) is 4.90 Å². The second kappa shape index (κ2) is 4.64. The summed E-state index contributed by atoms with van der Waals surface area (Å²) in [5.74, 6) is 0.191. The second-order valence-corrected chi connectivity index (χ2v) is 5.43. The third-order valence-electron chi connectivity index (χ3n) is 3.32. The first-order valence-corrected chi connectivity index (χ1v) is 6.33. The maximum atomic E-state index is 12.3. The molecule has 1 saturated carbocycles. The lowest BCUT2D eigenvalue weighted by Crippen LogP contribution is -2.59. The molecular weight excluding hydrogens is 218 g/mol. The minimum Gasteiger partial charge on any atom is -0.342 e. The van der Waals surface area contributed by atoms with E-state index in [2.05, 4.69) is 10.6 Å². The number of amides is 2. The summed E-state index contributed by atoms with van der Waals surface area (Å²) in [6.07, 6.45) is 1.92. The van der Waals surface area contributed by atoms with Gasteiger partial charge in [-0.15, -0.1) is 0 Å². The molecule has 2 rings (SSSR count). The van der Waals surface area contributed by atoms with Gasteiger partial charge in [-0.25, -0.2) is 0 Å². The Balaban J connectivity index is 1.92. The number of hydrogen-bond acceptors (Lipinski definition) is 3. The molecule has 0 atom stereocenters. The SMILES string of the molecule is CC(C)(NC(=O)C1CC1)C(=O)N1CCNCC1. The van der Waals surface area contributed by atoms with Crippen LogP contribution in [0.1, 0.15) is 26.7 Å². The second-order valence-electron chi connectivity index (χ2n) is 5.43. The van der Waals surface area contributed by atoms with Crippen LogP contribution in [0.25, 0.3) is 0 Å².